The summed E-state index contributed by atoms with van der Waals surface area (Å²) in [5.41, 5.74) is 8.98. The van der Waals surface area contributed by atoms with Crippen LogP contribution >= 0.6 is 0 Å². The van der Waals surface area contributed by atoms with Gasteiger partial charge in [0.15, 0.2) is 0 Å². The van der Waals surface area contributed by atoms with E-state index in [2.05, 4.69) is 41.3 Å². The highest BCUT2D eigenvalue weighted by Crippen LogP contribution is 2.27. The zero-order valence-corrected chi connectivity index (χ0v) is 19.0. The van der Waals surface area contributed by atoms with Gasteiger partial charge in [0.25, 0.3) is 23.6 Å². The Kier molecular flexibility index (Phi) is 13.4. The van der Waals surface area contributed by atoms with Crippen molar-refractivity contribution in [3.8, 4) is 0 Å². The van der Waals surface area contributed by atoms with Gasteiger partial charge in [-0.05, 0) is 12.8 Å². The van der Waals surface area contributed by atoms with Gasteiger partial charge in [-0.25, -0.2) is 21.9 Å². The van der Waals surface area contributed by atoms with Crippen molar-refractivity contribution in [3.63, 3.8) is 0 Å². The van der Waals surface area contributed by atoms with Crippen molar-refractivity contribution in [2.24, 2.45) is 0 Å². The molecule has 0 bridgehead atoms. The van der Waals surface area contributed by atoms with E-state index in [1.807, 2.05) is 0 Å². The van der Waals surface area contributed by atoms with Crippen LogP contribution in [0.4, 0.5) is 0 Å². The van der Waals surface area contributed by atoms with Crippen molar-refractivity contribution in [3.05, 3.63) is 0 Å². The molecule has 4 N–H and O–H groups in total. The van der Waals surface area contributed by atoms with Crippen LogP contribution in [-0.2, 0) is 38.5 Å². The minimum atomic E-state index is -0.442. The summed E-state index contributed by atoms with van der Waals surface area (Å²) >= 11 is 0. The summed E-state index contributed by atoms with van der Waals surface area (Å²) in [7, 11) is 5.25. The lowest BCUT2D eigenvalue weighted by Crippen LogP contribution is -2.59. The third-order valence-electron chi connectivity index (χ3n) is 4.88. The summed E-state index contributed by atoms with van der Waals surface area (Å²) < 4.78 is 0. The zero-order chi connectivity index (χ0) is 23.9. The highest BCUT2D eigenvalue weighted by molar-refractivity contribution is 5.81. The molecular formula is C18H34N6O8. The van der Waals surface area contributed by atoms with Gasteiger partial charge in [-0.3, -0.25) is 48.3 Å². The summed E-state index contributed by atoms with van der Waals surface area (Å²) in [6.07, 6.45) is 3.02. The van der Waals surface area contributed by atoms with Crippen LogP contribution in [0.2, 0.25) is 0 Å². The molecule has 0 saturated heterocycles. The quantitative estimate of drug-likeness (QED) is 0.205. The second kappa shape index (κ2) is 15.4. The molecule has 184 valence electrons. The smallest absolute Gasteiger partial charge is 0.257 e. The van der Waals surface area contributed by atoms with Crippen LogP contribution in [0.3, 0.4) is 0 Å². The molecule has 0 aromatic heterocycles. The van der Waals surface area contributed by atoms with Crippen LogP contribution in [0.15, 0.2) is 0 Å². The van der Waals surface area contributed by atoms with E-state index in [1.54, 1.807) is 9.80 Å². The average Bonchev–Trinajstić information content (AvgIpc) is 2.73. The normalized spacial score (nSPS) is 18.3. The van der Waals surface area contributed by atoms with Crippen LogP contribution in [0, 0.1) is 0 Å². The van der Waals surface area contributed by atoms with Crippen molar-refractivity contribution in [2.45, 2.75) is 37.8 Å². The predicted octanol–water partition coefficient (Wildman–Crippen LogP) is -2.39. The van der Waals surface area contributed by atoms with E-state index in [4.69, 9.17) is 0 Å². The van der Waals surface area contributed by atoms with Gasteiger partial charge in [-0.2, -0.15) is 0 Å². The number of nitrogens with zero attached hydrogens (tertiary/aromatic N) is 2. The second-order valence-corrected chi connectivity index (χ2v) is 7.15. The maximum Gasteiger partial charge on any atom is 0.257 e. The Labute approximate surface area is 187 Å². The van der Waals surface area contributed by atoms with Gasteiger partial charge in [0.2, 0.25) is 0 Å². The monoisotopic (exact) mass is 462 g/mol. The number of hydrogen-bond acceptors (Lipinski definition) is 10. The molecule has 1 rings (SSSR count). The third kappa shape index (κ3) is 9.84. The Bertz CT molecular complexity index is 530. The summed E-state index contributed by atoms with van der Waals surface area (Å²) in [6, 6.07) is -0.612. The number of carbonyl (C=O) groups is 4. The van der Waals surface area contributed by atoms with E-state index in [9.17, 15) is 19.2 Å². The minimum Gasteiger partial charge on any atom is -0.281 e. The van der Waals surface area contributed by atoms with Crippen molar-refractivity contribution in [2.75, 3.05) is 54.6 Å². The molecule has 14 heteroatoms. The first-order chi connectivity index (χ1) is 15.4. The van der Waals surface area contributed by atoms with Crippen LogP contribution in [-0.4, -0.2) is 100 Å². The molecule has 2 atom stereocenters. The van der Waals surface area contributed by atoms with E-state index >= 15 is 0 Å². The van der Waals surface area contributed by atoms with E-state index in [0.717, 1.165) is 12.8 Å². The molecule has 0 aliphatic heterocycles. The fourth-order valence-corrected chi connectivity index (χ4v) is 3.85. The molecular weight excluding hydrogens is 428 g/mol. The fraction of sp³-hybridized carbons (Fsp3) is 0.778. The maximum atomic E-state index is 12.2. The number of hydrogen-bond donors (Lipinski definition) is 4. The molecule has 0 spiro atoms. The molecule has 1 aliphatic carbocycles. The highest BCUT2D eigenvalue weighted by atomic mass is 16.6. The maximum absolute atomic E-state index is 12.2. The SMILES string of the molecule is CONC(=O)CN(CC(=O)NOC)C1CCCCC1N(CC(=O)NOC)CC(=O)NOC. The minimum absolute atomic E-state index is 0.130. The van der Waals surface area contributed by atoms with Gasteiger partial charge >= 0.3 is 0 Å². The Morgan fingerprint density at radius 1 is 0.594 bits per heavy atom. The fourth-order valence-electron chi connectivity index (χ4n) is 3.85. The lowest BCUT2D eigenvalue weighted by atomic mass is 9.87. The number of nitrogens with one attached hydrogen (secondary N) is 4. The Hall–Kier alpha value is -2.36. The van der Waals surface area contributed by atoms with Crippen LogP contribution < -0.4 is 21.9 Å². The largest absolute Gasteiger partial charge is 0.281 e. The van der Waals surface area contributed by atoms with E-state index in [1.165, 1.54) is 28.4 Å². The molecule has 14 nitrogen and oxygen atoms in total. The van der Waals surface area contributed by atoms with Crippen molar-refractivity contribution < 1.29 is 38.5 Å². The van der Waals surface area contributed by atoms with E-state index in [0.29, 0.717) is 12.8 Å². The summed E-state index contributed by atoms with van der Waals surface area (Å²) in [6.45, 7) is -0.522. The molecule has 32 heavy (non-hydrogen) atoms. The molecule has 4 amide bonds. The summed E-state index contributed by atoms with van der Waals surface area (Å²) in [4.78, 5) is 71.0. The van der Waals surface area contributed by atoms with E-state index < -0.39 is 23.6 Å². The first kappa shape index (κ1) is 27.7. The van der Waals surface area contributed by atoms with Crippen LogP contribution in [0.1, 0.15) is 25.7 Å². The summed E-state index contributed by atoms with van der Waals surface area (Å²) in [5, 5.41) is 0. The lowest BCUT2D eigenvalue weighted by Gasteiger charge is -2.44. The Morgan fingerprint density at radius 2 is 0.844 bits per heavy atom. The van der Waals surface area contributed by atoms with Gasteiger partial charge in [0.05, 0.1) is 54.6 Å². The zero-order valence-electron chi connectivity index (χ0n) is 19.0. The molecule has 1 fully saturated rings. The van der Waals surface area contributed by atoms with E-state index in [-0.39, 0.29) is 38.3 Å². The van der Waals surface area contributed by atoms with Gasteiger partial charge in [0, 0.05) is 12.1 Å². The molecule has 0 aromatic carbocycles. The van der Waals surface area contributed by atoms with Gasteiger partial charge in [-0.15, -0.1) is 0 Å². The van der Waals surface area contributed by atoms with Crippen molar-refractivity contribution in [1.82, 2.24) is 31.7 Å². The molecule has 1 saturated carbocycles. The molecule has 0 heterocycles. The van der Waals surface area contributed by atoms with Crippen molar-refractivity contribution >= 4 is 23.6 Å². The number of hydroxylamine groups is 4. The lowest BCUT2D eigenvalue weighted by molar-refractivity contribution is -0.142. The first-order valence-corrected chi connectivity index (χ1v) is 10.1. The third-order valence-corrected chi connectivity index (χ3v) is 4.88. The van der Waals surface area contributed by atoms with Gasteiger partial charge in [-0.1, -0.05) is 12.8 Å². The van der Waals surface area contributed by atoms with Gasteiger partial charge in [0.1, 0.15) is 0 Å². The van der Waals surface area contributed by atoms with Crippen LogP contribution in [0.5, 0.6) is 0 Å². The van der Waals surface area contributed by atoms with Gasteiger partial charge < -0.3 is 0 Å². The molecule has 0 aromatic rings. The molecule has 2 unspecified atom stereocenters. The average molecular weight is 463 g/mol. The number of carbonyl (C=O) groups excluding carboxylic acids is 4. The molecule has 1 aliphatic rings. The van der Waals surface area contributed by atoms with Crippen LogP contribution in [0.25, 0.3) is 0 Å². The molecule has 0 radical (unpaired) electrons. The predicted molar refractivity (Wildman–Crippen MR) is 110 cm³/mol. The Morgan fingerprint density at radius 3 is 1.06 bits per heavy atom. The number of amides is 4. The standard InChI is InChI=1S/C18H34N6O8/c1-29-19-15(25)9-23(10-16(26)20-30-2)13-7-5-6-8-14(13)24(11-17(27)21-31-3)12-18(28)22-32-4/h13-14H,5-12H2,1-4H3,(H,19,25)(H,20,26)(H,21,27)(H,22,28). The van der Waals surface area contributed by atoms with Crippen molar-refractivity contribution in [1.29, 1.82) is 0 Å². The highest BCUT2D eigenvalue weighted by Gasteiger charge is 2.37. The summed E-state index contributed by atoms with van der Waals surface area (Å²) in [5.74, 6) is -1.77. The topological polar surface area (TPSA) is 160 Å². The number of rotatable bonds is 14. The second-order valence-electron chi connectivity index (χ2n) is 7.15. The Balaban J connectivity index is 3.15. The first-order valence-electron chi connectivity index (χ1n) is 10.1.